The lowest BCUT2D eigenvalue weighted by Crippen LogP contribution is -2.41. The van der Waals surface area contributed by atoms with E-state index in [0.717, 1.165) is 0 Å². The summed E-state index contributed by atoms with van der Waals surface area (Å²) in [5.41, 5.74) is -1.94. The molecule has 0 fully saturated rings. The maximum Gasteiger partial charge on any atom is 0.416 e. The second-order valence-electron chi connectivity index (χ2n) is 3.71. The molecule has 0 saturated heterocycles. The van der Waals surface area contributed by atoms with Crippen LogP contribution < -0.4 is 5.32 Å². The molecule has 11 heteroatoms. The molecule has 118 valence electrons. The zero-order chi connectivity index (χ0) is 16.5. The van der Waals surface area contributed by atoms with Crippen molar-refractivity contribution in [3.8, 4) is 0 Å². The summed E-state index contributed by atoms with van der Waals surface area (Å²) in [5.74, 6) is -14.3. The lowest BCUT2D eigenvalue weighted by Gasteiger charge is -2.15. The average Bonchev–Trinajstić information content (AvgIpc) is 2.39. The van der Waals surface area contributed by atoms with E-state index in [1.165, 1.54) is 5.32 Å². The molecule has 1 aromatic rings. The van der Waals surface area contributed by atoms with Crippen LogP contribution in [0.15, 0.2) is 0 Å². The van der Waals surface area contributed by atoms with E-state index in [9.17, 15) is 39.9 Å². The molecule has 0 saturated carbocycles. The smallest absolute Gasteiger partial charge is 0.382 e. The second kappa shape index (κ2) is 5.84. The Kier molecular flexibility index (Phi) is 4.76. The first-order chi connectivity index (χ1) is 9.48. The molecule has 1 rings (SSSR count). The lowest BCUT2D eigenvalue weighted by atomic mass is 10.1. The van der Waals surface area contributed by atoms with Gasteiger partial charge in [0.15, 0.2) is 29.4 Å². The number of rotatable bonds is 3. The molecule has 0 heterocycles. The first kappa shape index (κ1) is 17.1. The van der Waals surface area contributed by atoms with Gasteiger partial charge in [-0.05, 0) is 0 Å². The van der Waals surface area contributed by atoms with Crippen LogP contribution in [0, 0.1) is 29.1 Å². The molecular weight excluding hydrogens is 318 g/mol. The number of hydrogen-bond acceptors (Lipinski definition) is 2. The fourth-order valence-corrected chi connectivity index (χ4v) is 1.20. The number of aliphatic hydroxyl groups is 1. The van der Waals surface area contributed by atoms with Crippen LogP contribution in [0.2, 0.25) is 0 Å². The Balaban J connectivity index is 3.05. The monoisotopic (exact) mass is 323 g/mol. The maximum atomic E-state index is 13.1. The van der Waals surface area contributed by atoms with Crippen LogP contribution in [0.1, 0.15) is 10.4 Å². The molecule has 3 nitrogen and oxygen atoms in total. The van der Waals surface area contributed by atoms with E-state index in [1.54, 1.807) is 0 Å². The average molecular weight is 323 g/mol. The Hall–Kier alpha value is -1.91. The summed E-state index contributed by atoms with van der Waals surface area (Å²) in [6.45, 7) is -1.53. The molecular formula is C10H5F8NO2. The first-order valence-corrected chi connectivity index (χ1v) is 5.02. The summed E-state index contributed by atoms with van der Waals surface area (Å²) >= 11 is 0. The number of aliphatic hydroxyl groups excluding tert-OH is 1. The predicted octanol–water partition coefficient (Wildman–Crippen LogP) is 2.04. The molecule has 1 atom stereocenters. The highest BCUT2D eigenvalue weighted by Crippen LogP contribution is 2.23. The molecule has 1 amide bonds. The fourth-order valence-electron chi connectivity index (χ4n) is 1.20. The molecule has 0 aliphatic rings. The van der Waals surface area contributed by atoms with Crippen LogP contribution in [0.5, 0.6) is 0 Å². The molecule has 0 spiro atoms. The van der Waals surface area contributed by atoms with E-state index >= 15 is 0 Å². The van der Waals surface area contributed by atoms with Crippen LogP contribution >= 0.6 is 0 Å². The molecule has 2 N–H and O–H groups in total. The van der Waals surface area contributed by atoms with Gasteiger partial charge in [0.25, 0.3) is 5.91 Å². The highest BCUT2D eigenvalue weighted by molar-refractivity contribution is 5.94. The van der Waals surface area contributed by atoms with Gasteiger partial charge in [0.2, 0.25) is 5.82 Å². The standard InChI is InChI=1S/C10H5F8NO2/c11-4-3(5(12)7(14)8(15)6(4)13)9(21)19-1-2(20)10(16,17)18/h2,20H,1H2,(H,19,21). The van der Waals surface area contributed by atoms with Gasteiger partial charge >= 0.3 is 6.18 Å². The fraction of sp³-hybridized carbons (Fsp3) is 0.300. The number of nitrogens with one attached hydrogen (secondary N) is 1. The van der Waals surface area contributed by atoms with Crippen LogP contribution in [0.4, 0.5) is 35.1 Å². The van der Waals surface area contributed by atoms with Crippen molar-refractivity contribution in [2.45, 2.75) is 12.3 Å². The molecule has 1 unspecified atom stereocenters. The van der Waals surface area contributed by atoms with Gasteiger partial charge < -0.3 is 10.4 Å². The number of hydrogen-bond donors (Lipinski definition) is 2. The maximum absolute atomic E-state index is 13.1. The van der Waals surface area contributed by atoms with Crippen molar-refractivity contribution in [3.63, 3.8) is 0 Å². The van der Waals surface area contributed by atoms with E-state index in [0.29, 0.717) is 0 Å². The molecule has 0 aliphatic heterocycles. The number of carbonyl (C=O) groups is 1. The number of halogens is 8. The third-order valence-electron chi connectivity index (χ3n) is 2.27. The van der Waals surface area contributed by atoms with E-state index in [-0.39, 0.29) is 0 Å². The molecule has 1 aromatic carbocycles. The van der Waals surface area contributed by atoms with Gasteiger partial charge in [0, 0.05) is 0 Å². The van der Waals surface area contributed by atoms with E-state index in [4.69, 9.17) is 5.11 Å². The number of alkyl halides is 3. The Morgan fingerprint density at radius 3 is 1.71 bits per heavy atom. The Morgan fingerprint density at radius 2 is 1.33 bits per heavy atom. The topological polar surface area (TPSA) is 49.3 Å². The minimum Gasteiger partial charge on any atom is -0.382 e. The van der Waals surface area contributed by atoms with Crippen molar-refractivity contribution < 1.29 is 45.0 Å². The highest BCUT2D eigenvalue weighted by atomic mass is 19.4. The van der Waals surface area contributed by atoms with E-state index in [2.05, 4.69) is 0 Å². The Labute approximate surface area is 111 Å². The number of benzene rings is 1. The number of amides is 1. The third kappa shape index (κ3) is 3.40. The van der Waals surface area contributed by atoms with Crippen molar-refractivity contribution in [1.29, 1.82) is 0 Å². The third-order valence-corrected chi connectivity index (χ3v) is 2.27. The van der Waals surface area contributed by atoms with Crippen molar-refractivity contribution in [2.24, 2.45) is 0 Å². The summed E-state index contributed by atoms with van der Waals surface area (Å²) < 4.78 is 100. The zero-order valence-electron chi connectivity index (χ0n) is 9.66. The minimum absolute atomic E-state index is 1.22. The largest absolute Gasteiger partial charge is 0.416 e. The molecule has 0 aromatic heterocycles. The van der Waals surface area contributed by atoms with Crippen molar-refractivity contribution in [2.75, 3.05) is 6.54 Å². The first-order valence-electron chi connectivity index (χ1n) is 5.02. The molecule has 0 radical (unpaired) electrons. The van der Waals surface area contributed by atoms with Crippen LogP contribution in [-0.2, 0) is 0 Å². The minimum atomic E-state index is -5.14. The van der Waals surface area contributed by atoms with Crippen molar-refractivity contribution >= 4 is 5.91 Å². The Bertz CT molecular complexity index is 542. The Morgan fingerprint density at radius 1 is 0.952 bits per heavy atom. The molecule has 0 aliphatic carbocycles. The highest BCUT2D eigenvalue weighted by Gasteiger charge is 2.39. The van der Waals surface area contributed by atoms with Gasteiger partial charge in [-0.15, -0.1) is 0 Å². The second-order valence-corrected chi connectivity index (χ2v) is 3.71. The molecule has 0 bridgehead atoms. The summed E-state index contributed by atoms with van der Waals surface area (Å²) in [7, 11) is 0. The van der Waals surface area contributed by atoms with Gasteiger partial charge in [-0.1, -0.05) is 0 Å². The van der Waals surface area contributed by atoms with Crippen LogP contribution in [-0.4, -0.2) is 29.8 Å². The van der Waals surface area contributed by atoms with Crippen LogP contribution in [0.3, 0.4) is 0 Å². The van der Waals surface area contributed by atoms with Gasteiger partial charge in [-0.2, -0.15) is 13.2 Å². The van der Waals surface area contributed by atoms with Crippen LogP contribution in [0.25, 0.3) is 0 Å². The predicted molar refractivity (Wildman–Crippen MR) is 50.6 cm³/mol. The lowest BCUT2D eigenvalue weighted by molar-refractivity contribution is -0.201. The zero-order valence-corrected chi connectivity index (χ0v) is 9.66. The van der Waals surface area contributed by atoms with Gasteiger partial charge in [0.1, 0.15) is 5.56 Å². The summed E-state index contributed by atoms with van der Waals surface area (Å²) in [5, 5.41) is 9.75. The quantitative estimate of drug-likeness (QED) is 0.508. The summed E-state index contributed by atoms with van der Waals surface area (Å²) in [6.07, 6.45) is -8.20. The van der Waals surface area contributed by atoms with Gasteiger partial charge in [-0.3, -0.25) is 4.79 Å². The van der Waals surface area contributed by atoms with Crippen molar-refractivity contribution in [1.82, 2.24) is 5.32 Å². The summed E-state index contributed by atoms with van der Waals surface area (Å²) in [4.78, 5) is 11.2. The number of carbonyl (C=O) groups excluding carboxylic acids is 1. The van der Waals surface area contributed by atoms with Gasteiger partial charge in [0.05, 0.1) is 6.54 Å². The van der Waals surface area contributed by atoms with E-state index in [1.807, 2.05) is 0 Å². The molecule has 21 heavy (non-hydrogen) atoms. The van der Waals surface area contributed by atoms with Gasteiger partial charge in [-0.25, -0.2) is 22.0 Å². The SMILES string of the molecule is O=C(NCC(O)C(F)(F)F)c1c(F)c(F)c(F)c(F)c1F. The van der Waals surface area contributed by atoms with E-state index < -0.39 is 59.4 Å². The normalized spacial score (nSPS) is 13.2. The summed E-state index contributed by atoms with van der Waals surface area (Å²) in [6, 6.07) is 0. The van der Waals surface area contributed by atoms with Crippen molar-refractivity contribution in [3.05, 3.63) is 34.6 Å².